The van der Waals surface area contributed by atoms with Crippen molar-refractivity contribution >= 4 is 45.4 Å². The van der Waals surface area contributed by atoms with Gasteiger partial charge in [0.15, 0.2) is 0 Å². The van der Waals surface area contributed by atoms with Crippen LogP contribution in [0.3, 0.4) is 0 Å². The minimum atomic E-state index is -1.44. The summed E-state index contributed by atoms with van der Waals surface area (Å²) < 4.78 is 2.24. The molecule has 3 aromatic carbocycles. The summed E-state index contributed by atoms with van der Waals surface area (Å²) in [5.41, 5.74) is 5.92. The molecule has 0 radical (unpaired) electrons. The van der Waals surface area contributed by atoms with E-state index in [1.165, 1.54) is 27.9 Å². The molecule has 0 fully saturated rings. The molecular formula is C25H27ClN2O4. The first-order chi connectivity index (χ1) is 15.3. The summed E-state index contributed by atoms with van der Waals surface area (Å²) in [4.78, 5) is 11.5. The Bertz CT molecular complexity index is 1160. The Morgan fingerprint density at radius 1 is 1.16 bits per heavy atom. The second kappa shape index (κ2) is 10.1. The minimum Gasteiger partial charge on any atom is -0.547 e. The fraction of sp³-hybridized carbons (Fsp3) is 0.280. The minimum absolute atomic E-state index is 0.160. The molecule has 1 aliphatic heterocycles. The number of likely N-dealkylation sites (N-methyl/N-ethyl adjacent to an activating group) is 1. The largest absolute Gasteiger partial charge is 0.547 e. The number of hydrogen-bond acceptors (Lipinski definition) is 5. The summed E-state index contributed by atoms with van der Waals surface area (Å²) in [5, 5.41) is 29.6. The van der Waals surface area contributed by atoms with Crippen LogP contribution in [0.15, 0.2) is 54.6 Å². The Balaban J connectivity index is 0.000000427. The number of rotatable bonds is 6. The predicted octanol–water partition coefficient (Wildman–Crippen LogP) is 2.55. The van der Waals surface area contributed by atoms with Gasteiger partial charge in [-0.3, -0.25) is 0 Å². The van der Waals surface area contributed by atoms with E-state index in [0.717, 1.165) is 29.6 Å². The van der Waals surface area contributed by atoms with E-state index in [1.54, 1.807) is 0 Å². The van der Waals surface area contributed by atoms with Crippen molar-refractivity contribution in [2.75, 3.05) is 31.6 Å². The van der Waals surface area contributed by atoms with Gasteiger partial charge >= 0.3 is 0 Å². The molecule has 0 amide bonds. The second-order valence-corrected chi connectivity index (χ2v) is 7.95. The number of nitrogens with zero attached hydrogens (tertiary/aromatic N) is 2. The molecule has 1 unspecified atom stereocenters. The van der Waals surface area contributed by atoms with Crippen LogP contribution in [0.2, 0.25) is 5.02 Å². The summed E-state index contributed by atoms with van der Waals surface area (Å²) in [6, 6.07) is 19.0. The smallest absolute Gasteiger partial charge is 0.220 e. The maximum Gasteiger partial charge on any atom is 0.220 e. The van der Waals surface area contributed by atoms with Gasteiger partial charge in [0.25, 0.3) is 0 Å². The first-order valence-corrected chi connectivity index (χ1v) is 10.8. The standard InChI is InChI=1S/C22H22ClN2O.C3H6O3/c1-3-25(13-14-26)16-9-7-15(8-10-16)22-18-6-4-5-17-19(23)11-12-20(21(17)18)24(22)2;1-2(4)3(5)6/h4-12,26H,3,13-14H2,1-2H3;2,4H,1H3,(H,5,6)/q+1;/p-1. The van der Waals surface area contributed by atoms with E-state index >= 15 is 0 Å². The fourth-order valence-corrected chi connectivity index (χ4v) is 4.12. The highest BCUT2D eigenvalue weighted by Crippen LogP contribution is 2.39. The van der Waals surface area contributed by atoms with Gasteiger partial charge in [-0.05, 0) is 50.2 Å². The summed E-state index contributed by atoms with van der Waals surface area (Å²) >= 11 is 6.42. The molecule has 0 aliphatic carbocycles. The molecule has 4 rings (SSSR count). The van der Waals surface area contributed by atoms with Gasteiger partial charge in [0.05, 0.1) is 29.6 Å². The molecule has 1 heterocycles. The van der Waals surface area contributed by atoms with Crippen molar-refractivity contribution in [1.29, 1.82) is 0 Å². The van der Waals surface area contributed by atoms with Gasteiger partial charge in [-0.25, -0.2) is 0 Å². The van der Waals surface area contributed by atoms with Crippen molar-refractivity contribution in [2.24, 2.45) is 0 Å². The average Bonchev–Trinajstić information content (AvgIpc) is 3.07. The number of halogens is 1. The van der Waals surface area contributed by atoms with Crippen LogP contribution in [0.4, 0.5) is 11.4 Å². The molecular weight excluding hydrogens is 428 g/mol. The molecule has 0 saturated carbocycles. The zero-order chi connectivity index (χ0) is 23.4. The maximum absolute atomic E-state index is 9.34. The molecule has 7 heteroatoms. The second-order valence-electron chi connectivity index (χ2n) is 7.55. The molecule has 32 heavy (non-hydrogen) atoms. The number of anilines is 1. The molecule has 1 aliphatic rings. The van der Waals surface area contributed by atoms with Gasteiger partial charge in [0, 0.05) is 40.8 Å². The molecule has 0 bridgehead atoms. The molecule has 168 valence electrons. The third kappa shape index (κ3) is 4.63. The van der Waals surface area contributed by atoms with E-state index in [1.807, 2.05) is 6.07 Å². The molecule has 6 nitrogen and oxygen atoms in total. The van der Waals surface area contributed by atoms with E-state index in [2.05, 4.69) is 72.0 Å². The number of carbonyl (C=O) groups excluding carboxylic acids is 1. The van der Waals surface area contributed by atoms with Crippen LogP contribution in [0.25, 0.3) is 10.8 Å². The summed E-state index contributed by atoms with van der Waals surface area (Å²) in [6.45, 7) is 4.92. The van der Waals surface area contributed by atoms with Crippen LogP contribution >= 0.6 is 11.6 Å². The zero-order valence-corrected chi connectivity index (χ0v) is 19.1. The van der Waals surface area contributed by atoms with E-state index < -0.39 is 12.1 Å². The number of carboxylic acid groups (broad SMARTS) is 1. The van der Waals surface area contributed by atoms with E-state index in [9.17, 15) is 15.0 Å². The summed E-state index contributed by atoms with van der Waals surface area (Å²) in [7, 11) is 2.11. The lowest BCUT2D eigenvalue weighted by Gasteiger charge is -2.22. The van der Waals surface area contributed by atoms with Crippen molar-refractivity contribution in [2.45, 2.75) is 20.0 Å². The first kappa shape index (κ1) is 23.7. The Kier molecular flexibility index (Phi) is 7.51. The quantitative estimate of drug-likeness (QED) is 0.559. The third-order valence-corrected chi connectivity index (χ3v) is 5.85. The van der Waals surface area contributed by atoms with Crippen molar-refractivity contribution in [3.05, 3.63) is 70.7 Å². The maximum atomic E-state index is 9.34. The Hall–Kier alpha value is -2.93. The van der Waals surface area contributed by atoms with Crippen LogP contribution in [-0.4, -0.2) is 59.3 Å². The van der Waals surface area contributed by atoms with Crippen LogP contribution in [0.5, 0.6) is 0 Å². The Labute approximate surface area is 192 Å². The molecule has 1 atom stereocenters. The van der Waals surface area contributed by atoms with Gasteiger partial charge in [0.1, 0.15) is 7.05 Å². The van der Waals surface area contributed by atoms with Gasteiger partial charge < -0.3 is 25.0 Å². The highest BCUT2D eigenvalue weighted by atomic mass is 35.5. The number of carboxylic acids is 1. The molecule has 0 aromatic heterocycles. The van der Waals surface area contributed by atoms with Crippen molar-refractivity contribution in [3.63, 3.8) is 0 Å². The molecule has 3 aromatic rings. The monoisotopic (exact) mass is 454 g/mol. The van der Waals surface area contributed by atoms with E-state index in [4.69, 9.17) is 16.7 Å². The molecule has 2 N–H and O–H groups in total. The van der Waals surface area contributed by atoms with Gasteiger partial charge in [-0.15, -0.1) is 0 Å². The van der Waals surface area contributed by atoms with Gasteiger partial charge in [0.2, 0.25) is 11.4 Å². The van der Waals surface area contributed by atoms with Crippen molar-refractivity contribution in [3.8, 4) is 0 Å². The highest BCUT2D eigenvalue weighted by Gasteiger charge is 2.31. The van der Waals surface area contributed by atoms with Crippen molar-refractivity contribution < 1.29 is 24.7 Å². The lowest BCUT2D eigenvalue weighted by atomic mass is 9.98. The lowest BCUT2D eigenvalue weighted by Crippen LogP contribution is -2.32. The lowest BCUT2D eigenvalue weighted by molar-refractivity contribution is -0.399. The molecule has 0 saturated heterocycles. The normalized spacial score (nSPS) is 13.1. The van der Waals surface area contributed by atoms with Gasteiger partial charge in [-0.2, -0.15) is 4.58 Å². The third-order valence-electron chi connectivity index (χ3n) is 5.52. The zero-order valence-electron chi connectivity index (χ0n) is 18.4. The Morgan fingerprint density at radius 2 is 1.81 bits per heavy atom. The topological polar surface area (TPSA) is 86.8 Å². The van der Waals surface area contributed by atoms with E-state index in [0.29, 0.717) is 6.54 Å². The van der Waals surface area contributed by atoms with Crippen LogP contribution in [-0.2, 0) is 4.79 Å². The number of aliphatic hydroxyl groups is 2. The van der Waals surface area contributed by atoms with Crippen LogP contribution in [0.1, 0.15) is 25.0 Å². The summed E-state index contributed by atoms with van der Waals surface area (Å²) in [6.07, 6.45) is -1.34. The molecule has 0 spiro atoms. The number of hydrogen-bond donors (Lipinski definition) is 2. The van der Waals surface area contributed by atoms with E-state index in [-0.39, 0.29) is 6.61 Å². The highest BCUT2D eigenvalue weighted by molar-refractivity contribution is 6.37. The average molecular weight is 455 g/mol. The predicted molar refractivity (Wildman–Crippen MR) is 126 cm³/mol. The number of benzene rings is 3. The number of aliphatic hydroxyl groups excluding tert-OH is 2. The number of aliphatic carboxylic acids is 1. The van der Waals surface area contributed by atoms with Crippen molar-refractivity contribution in [1.82, 2.24) is 0 Å². The van der Waals surface area contributed by atoms with Crippen LogP contribution in [0, 0.1) is 0 Å². The SMILES string of the molecule is CC(O)C(=O)[O-].CCN(CCO)c1ccc(C2=[N+](C)c3ccc(Cl)c4cccc2c34)cc1. The Morgan fingerprint density at radius 3 is 2.38 bits per heavy atom. The summed E-state index contributed by atoms with van der Waals surface area (Å²) in [5.74, 6) is -1.44. The first-order valence-electron chi connectivity index (χ1n) is 10.5. The van der Waals surface area contributed by atoms with Crippen LogP contribution < -0.4 is 10.0 Å². The van der Waals surface area contributed by atoms with Gasteiger partial charge in [-0.1, -0.05) is 23.7 Å². The fourth-order valence-electron chi connectivity index (χ4n) is 3.90. The number of carbonyl (C=O) groups is 1.